The van der Waals surface area contributed by atoms with Crippen LogP contribution in [0.25, 0.3) is 0 Å². The standard InChI is InChI=1S/C26H29NO2/c1-16-8-6-10-19(12-16)20-13-24(29)27(21-11-7-9-17(2)18(21)3)22-14-26(4,5)15-23(28)25(20)22/h6-12,20H,13-15H2,1-5H3. The van der Waals surface area contributed by atoms with Crippen molar-refractivity contribution in [3.8, 4) is 0 Å². The Hall–Kier alpha value is -2.68. The van der Waals surface area contributed by atoms with Crippen LogP contribution in [-0.2, 0) is 9.59 Å². The highest BCUT2D eigenvalue weighted by atomic mass is 16.2. The number of hydrogen-bond donors (Lipinski definition) is 0. The van der Waals surface area contributed by atoms with E-state index >= 15 is 0 Å². The van der Waals surface area contributed by atoms with Gasteiger partial charge in [-0.25, -0.2) is 0 Å². The number of hydrogen-bond acceptors (Lipinski definition) is 2. The molecule has 1 atom stereocenters. The smallest absolute Gasteiger partial charge is 0.232 e. The van der Waals surface area contributed by atoms with Crippen molar-refractivity contribution >= 4 is 17.4 Å². The van der Waals surface area contributed by atoms with Gasteiger partial charge in [-0.1, -0.05) is 55.8 Å². The van der Waals surface area contributed by atoms with E-state index in [4.69, 9.17) is 0 Å². The Balaban J connectivity index is 1.94. The lowest BCUT2D eigenvalue weighted by Crippen LogP contribution is -2.44. The summed E-state index contributed by atoms with van der Waals surface area (Å²) in [5.41, 5.74) is 6.98. The van der Waals surface area contributed by atoms with Gasteiger partial charge in [0.1, 0.15) is 0 Å². The Morgan fingerprint density at radius 3 is 2.41 bits per heavy atom. The SMILES string of the molecule is Cc1cccc(C2CC(=O)N(c3cccc(C)c3C)C3=C2C(=O)CC(C)(C)C3)c1. The van der Waals surface area contributed by atoms with Gasteiger partial charge in [-0.15, -0.1) is 0 Å². The average molecular weight is 388 g/mol. The molecular weight excluding hydrogens is 358 g/mol. The molecule has 29 heavy (non-hydrogen) atoms. The van der Waals surface area contributed by atoms with Crippen molar-refractivity contribution in [3.05, 3.63) is 76.0 Å². The molecule has 0 radical (unpaired) electrons. The third-order valence-electron chi connectivity index (χ3n) is 6.40. The highest BCUT2D eigenvalue weighted by Crippen LogP contribution is 2.48. The molecule has 3 heteroatoms. The third-order valence-corrected chi connectivity index (χ3v) is 6.40. The number of anilines is 1. The summed E-state index contributed by atoms with van der Waals surface area (Å²) in [6, 6.07) is 14.3. The second kappa shape index (κ2) is 6.98. The molecule has 2 aromatic carbocycles. The van der Waals surface area contributed by atoms with Crippen LogP contribution in [0.4, 0.5) is 5.69 Å². The van der Waals surface area contributed by atoms with Gasteiger partial charge in [0.05, 0.1) is 5.69 Å². The molecule has 1 aliphatic heterocycles. The van der Waals surface area contributed by atoms with E-state index in [-0.39, 0.29) is 23.0 Å². The van der Waals surface area contributed by atoms with Crippen LogP contribution in [0.2, 0.25) is 0 Å². The molecule has 0 saturated carbocycles. The third kappa shape index (κ3) is 3.43. The normalized spacial score (nSPS) is 21.4. The summed E-state index contributed by atoms with van der Waals surface area (Å²) in [5.74, 6) is 0.113. The Kier molecular flexibility index (Phi) is 4.72. The Morgan fingerprint density at radius 1 is 0.966 bits per heavy atom. The summed E-state index contributed by atoms with van der Waals surface area (Å²) in [6.07, 6.45) is 1.60. The molecule has 1 unspecified atom stereocenters. The molecule has 0 aromatic heterocycles. The molecule has 0 spiro atoms. The number of amides is 1. The van der Waals surface area contributed by atoms with E-state index in [1.807, 2.05) is 23.1 Å². The maximum atomic E-state index is 13.5. The van der Waals surface area contributed by atoms with Crippen molar-refractivity contribution in [1.29, 1.82) is 0 Å². The van der Waals surface area contributed by atoms with Gasteiger partial charge in [0, 0.05) is 30.0 Å². The van der Waals surface area contributed by atoms with E-state index in [1.165, 1.54) is 0 Å². The van der Waals surface area contributed by atoms with Gasteiger partial charge in [-0.05, 0) is 55.4 Å². The van der Waals surface area contributed by atoms with Crippen molar-refractivity contribution in [3.63, 3.8) is 0 Å². The van der Waals surface area contributed by atoms with Crippen LogP contribution in [0, 0.1) is 26.2 Å². The Morgan fingerprint density at radius 2 is 1.69 bits per heavy atom. The first-order valence-corrected chi connectivity index (χ1v) is 10.4. The lowest BCUT2D eigenvalue weighted by Gasteiger charge is -2.43. The highest BCUT2D eigenvalue weighted by Gasteiger charge is 2.44. The number of carbonyl (C=O) groups is 2. The first-order valence-electron chi connectivity index (χ1n) is 10.4. The fourth-order valence-corrected chi connectivity index (χ4v) is 4.84. The molecule has 2 aliphatic rings. The number of benzene rings is 2. The molecule has 0 saturated heterocycles. The molecule has 0 N–H and O–H groups in total. The first-order chi connectivity index (χ1) is 13.7. The van der Waals surface area contributed by atoms with Crippen LogP contribution < -0.4 is 4.90 Å². The summed E-state index contributed by atoms with van der Waals surface area (Å²) in [7, 11) is 0. The molecule has 3 nitrogen and oxygen atoms in total. The predicted octanol–water partition coefficient (Wildman–Crippen LogP) is 5.78. The molecule has 1 amide bonds. The van der Waals surface area contributed by atoms with Gasteiger partial charge in [0.2, 0.25) is 5.91 Å². The molecule has 1 heterocycles. The van der Waals surface area contributed by atoms with Crippen LogP contribution in [-0.4, -0.2) is 11.7 Å². The van der Waals surface area contributed by atoms with Gasteiger partial charge in [-0.2, -0.15) is 0 Å². The molecule has 4 rings (SSSR count). The topological polar surface area (TPSA) is 37.4 Å². The largest absolute Gasteiger partial charge is 0.294 e. The second-order valence-corrected chi connectivity index (χ2v) is 9.42. The van der Waals surface area contributed by atoms with Gasteiger partial charge >= 0.3 is 0 Å². The van der Waals surface area contributed by atoms with E-state index in [0.29, 0.717) is 12.8 Å². The Bertz CT molecular complexity index is 1040. The van der Waals surface area contributed by atoms with Crippen LogP contribution >= 0.6 is 0 Å². The molecule has 2 aromatic rings. The lowest BCUT2D eigenvalue weighted by molar-refractivity contribution is -0.121. The minimum absolute atomic E-state index is 0.0782. The van der Waals surface area contributed by atoms with E-state index < -0.39 is 0 Å². The maximum Gasteiger partial charge on any atom is 0.232 e. The number of aryl methyl sites for hydroxylation is 2. The fourth-order valence-electron chi connectivity index (χ4n) is 4.84. The van der Waals surface area contributed by atoms with Crippen LogP contribution in [0.1, 0.15) is 61.3 Å². The van der Waals surface area contributed by atoms with Crippen molar-refractivity contribution in [2.24, 2.45) is 5.41 Å². The number of Topliss-reactive ketones (excluding diaryl/α,β-unsaturated/α-hetero) is 1. The maximum absolute atomic E-state index is 13.5. The minimum Gasteiger partial charge on any atom is -0.294 e. The number of carbonyl (C=O) groups excluding carboxylic acids is 2. The van der Waals surface area contributed by atoms with Gasteiger partial charge in [0.25, 0.3) is 0 Å². The summed E-state index contributed by atoms with van der Waals surface area (Å²) in [5, 5.41) is 0. The molecule has 0 fully saturated rings. The van der Waals surface area contributed by atoms with Gasteiger partial charge in [-0.3, -0.25) is 14.5 Å². The zero-order valence-corrected chi connectivity index (χ0v) is 18.0. The molecule has 1 aliphatic carbocycles. The quantitative estimate of drug-likeness (QED) is 0.655. The van der Waals surface area contributed by atoms with Crippen molar-refractivity contribution in [2.75, 3.05) is 4.90 Å². The van der Waals surface area contributed by atoms with E-state index in [9.17, 15) is 9.59 Å². The first kappa shape index (κ1) is 19.6. The monoisotopic (exact) mass is 387 g/mol. The van der Waals surface area contributed by atoms with Crippen LogP contribution in [0.3, 0.4) is 0 Å². The van der Waals surface area contributed by atoms with Crippen molar-refractivity contribution < 1.29 is 9.59 Å². The summed E-state index contributed by atoms with van der Waals surface area (Å²) in [6.45, 7) is 10.4. The predicted molar refractivity (Wildman–Crippen MR) is 117 cm³/mol. The van der Waals surface area contributed by atoms with E-state index in [2.05, 4.69) is 58.9 Å². The lowest BCUT2D eigenvalue weighted by atomic mass is 9.69. The number of rotatable bonds is 2. The van der Waals surface area contributed by atoms with E-state index in [1.54, 1.807) is 0 Å². The number of allylic oxidation sites excluding steroid dienone is 2. The van der Waals surface area contributed by atoms with E-state index in [0.717, 1.165) is 45.6 Å². The Labute approximate surface area is 173 Å². The molecular formula is C26H29NO2. The minimum atomic E-state index is -0.152. The van der Waals surface area contributed by atoms with Gasteiger partial charge in [0.15, 0.2) is 5.78 Å². The zero-order chi connectivity index (χ0) is 20.9. The fraction of sp³-hybridized carbons (Fsp3) is 0.385. The summed E-state index contributed by atoms with van der Waals surface area (Å²) in [4.78, 5) is 28.7. The van der Waals surface area contributed by atoms with Crippen molar-refractivity contribution in [1.82, 2.24) is 0 Å². The summed E-state index contributed by atoms with van der Waals surface area (Å²) >= 11 is 0. The van der Waals surface area contributed by atoms with Crippen LogP contribution in [0.5, 0.6) is 0 Å². The zero-order valence-electron chi connectivity index (χ0n) is 18.0. The van der Waals surface area contributed by atoms with Gasteiger partial charge < -0.3 is 0 Å². The molecule has 0 bridgehead atoms. The highest BCUT2D eigenvalue weighted by molar-refractivity contribution is 6.08. The molecule has 150 valence electrons. The van der Waals surface area contributed by atoms with Crippen LogP contribution in [0.15, 0.2) is 53.7 Å². The average Bonchev–Trinajstić information content (AvgIpc) is 2.63. The van der Waals surface area contributed by atoms with Crippen molar-refractivity contribution in [2.45, 2.75) is 59.8 Å². The number of ketones is 1. The number of nitrogens with zero attached hydrogens (tertiary/aromatic N) is 1. The second-order valence-electron chi connectivity index (χ2n) is 9.42. The summed E-state index contributed by atoms with van der Waals surface area (Å²) < 4.78 is 0.